The molecule has 0 nitrogen and oxygen atoms in total. The molecule has 0 N–H and O–H groups in total. The van der Waals surface area contributed by atoms with E-state index in [0.29, 0.717) is 11.5 Å². The van der Waals surface area contributed by atoms with Crippen LogP contribution in [0, 0.1) is 6.42 Å². The highest BCUT2D eigenvalue weighted by Gasteiger charge is 2.08. The lowest BCUT2D eigenvalue weighted by Gasteiger charge is -2.05. The Morgan fingerprint density at radius 2 is 2.33 bits per heavy atom. The summed E-state index contributed by atoms with van der Waals surface area (Å²) in [5.41, 5.74) is 0. The van der Waals surface area contributed by atoms with Crippen molar-refractivity contribution in [1.82, 2.24) is 0 Å². The van der Waals surface area contributed by atoms with E-state index < -0.39 is 0 Å². The largest absolute Gasteiger partial charge is 0.212 e. The summed E-state index contributed by atoms with van der Waals surface area (Å²) in [6.07, 6.45) is 3.35. The fraction of sp³-hybridized carbons (Fsp3) is 0.167. The van der Waals surface area contributed by atoms with Crippen LogP contribution in [0.25, 0.3) is 0 Å². The Bertz CT molecular complexity index is 183. The first-order valence-corrected chi connectivity index (χ1v) is 3.62. The van der Waals surface area contributed by atoms with Gasteiger partial charge in [-0.1, -0.05) is 27.5 Å². The van der Waals surface area contributed by atoms with Crippen LogP contribution in [0.2, 0.25) is 0 Å². The van der Waals surface area contributed by atoms with E-state index in [9.17, 15) is 4.39 Å². The van der Waals surface area contributed by atoms with Gasteiger partial charge in [0.05, 0.1) is 5.03 Å². The fourth-order valence-electron chi connectivity index (χ4n) is 0.550. The molecular weight excluding hydrogens is 206 g/mol. The Kier molecular flexibility index (Phi) is 2.30. The maximum atomic E-state index is 12.3. The molecule has 0 spiro atoms. The molecule has 0 aliphatic heterocycles. The van der Waals surface area contributed by atoms with Crippen molar-refractivity contribution in [2.45, 2.75) is 6.42 Å². The Balaban J connectivity index is 2.83. The van der Waals surface area contributed by atoms with Crippen LogP contribution in [0.15, 0.2) is 21.4 Å². The first kappa shape index (κ1) is 7.29. The van der Waals surface area contributed by atoms with Crippen molar-refractivity contribution in [1.29, 1.82) is 0 Å². The normalized spacial score (nSPS) is 20.1. The average molecular weight is 210 g/mol. The lowest BCUT2D eigenvalue weighted by atomic mass is 10.2. The molecule has 0 aromatic carbocycles. The van der Waals surface area contributed by atoms with Crippen LogP contribution in [0.1, 0.15) is 6.42 Å². The van der Waals surface area contributed by atoms with Crippen molar-refractivity contribution in [2.24, 2.45) is 0 Å². The van der Waals surface area contributed by atoms with E-state index in [1.807, 2.05) is 0 Å². The third-order valence-electron chi connectivity index (χ3n) is 0.988. The van der Waals surface area contributed by atoms with Gasteiger partial charge in [0, 0.05) is 17.3 Å². The summed E-state index contributed by atoms with van der Waals surface area (Å²) < 4.78 is 13.1. The van der Waals surface area contributed by atoms with Gasteiger partial charge in [-0.3, -0.25) is 0 Å². The van der Waals surface area contributed by atoms with Gasteiger partial charge in [-0.2, -0.15) is 0 Å². The molecule has 0 bridgehead atoms. The fourth-order valence-corrected chi connectivity index (χ4v) is 1.02. The minimum absolute atomic E-state index is 0.191. The molecule has 0 unspecified atom stereocenters. The summed E-state index contributed by atoms with van der Waals surface area (Å²) in [5, 5.41) is 0.429. The van der Waals surface area contributed by atoms with Crippen LogP contribution >= 0.6 is 27.5 Å². The van der Waals surface area contributed by atoms with Gasteiger partial charge in [-0.05, 0) is 6.08 Å². The second kappa shape index (κ2) is 2.84. The zero-order chi connectivity index (χ0) is 6.85. The first-order chi connectivity index (χ1) is 4.20. The second-order valence-electron chi connectivity index (χ2n) is 1.70. The summed E-state index contributed by atoms with van der Waals surface area (Å²) in [5.74, 6) is -0.191. The number of allylic oxidation sites excluding steroid dienone is 4. The predicted octanol–water partition coefficient (Wildman–Crippen LogP) is 3.29. The molecule has 0 saturated carbocycles. The van der Waals surface area contributed by atoms with Crippen molar-refractivity contribution < 1.29 is 4.39 Å². The Hall–Kier alpha value is 0.180. The highest BCUT2D eigenvalue weighted by atomic mass is 79.9. The van der Waals surface area contributed by atoms with Crippen LogP contribution in [0.4, 0.5) is 4.39 Å². The molecule has 0 fully saturated rings. The van der Waals surface area contributed by atoms with E-state index in [0.717, 1.165) is 4.48 Å². The minimum Gasteiger partial charge on any atom is -0.212 e. The van der Waals surface area contributed by atoms with Gasteiger partial charge in [0.2, 0.25) is 0 Å². The molecule has 0 amide bonds. The van der Waals surface area contributed by atoms with Crippen LogP contribution in [0.3, 0.4) is 0 Å². The van der Waals surface area contributed by atoms with Crippen molar-refractivity contribution in [2.75, 3.05) is 0 Å². The third-order valence-corrected chi connectivity index (χ3v) is 2.28. The second-order valence-corrected chi connectivity index (χ2v) is 2.96. The van der Waals surface area contributed by atoms with Crippen LogP contribution in [-0.4, -0.2) is 0 Å². The molecule has 1 aliphatic rings. The summed E-state index contributed by atoms with van der Waals surface area (Å²) in [4.78, 5) is 0. The molecule has 3 heteroatoms. The SMILES string of the molecule is FC1=CC(Cl)=C(Br)[CH]C1. The van der Waals surface area contributed by atoms with E-state index in [-0.39, 0.29) is 5.83 Å². The topological polar surface area (TPSA) is 0 Å². The van der Waals surface area contributed by atoms with E-state index in [4.69, 9.17) is 11.6 Å². The molecule has 0 atom stereocenters. The van der Waals surface area contributed by atoms with Crippen LogP contribution < -0.4 is 0 Å². The predicted molar refractivity (Wildman–Crippen MR) is 39.9 cm³/mol. The summed E-state index contributed by atoms with van der Waals surface area (Å²) in [7, 11) is 0. The zero-order valence-electron chi connectivity index (χ0n) is 4.50. The number of rotatable bonds is 0. The molecule has 0 saturated heterocycles. The first-order valence-electron chi connectivity index (χ1n) is 2.44. The van der Waals surface area contributed by atoms with Gasteiger partial charge in [0.1, 0.15) is 5.83 Å². The summed E-state index contributed by atoms with van der Waals surface area (Å²) in [6.45, 7) is 0. The van der Waals surface area contributed by atoms with Crippen molar-refractivity contribution in [3.05, 3.63) is 27.8 Å². The van der Waals surface area contributed by atoms with E-state index in [1.54, 1.807) is 6.42 Å². The Morgan fingerprint density at radius 3 is 2.78 bits per heavy atom. The third kappa shape index (κ3) is 1.80. The molecule has 0 aromatic rings. The maximum absolute atomic E-state index is 12.3. The van der Waals surface area contributed by atoms with Gasteiger partial charge in [0.25, 0.3) is 0 Å². The highest BCUT2D eigenvalue weighted by Crippen LogP contribution is 2.29. The average Bonchev–Trinajstić information content (AvgIpc) is 1.80. The van der Waals surface area contributed by atoms with Gasteiger partial charge < -0.3 is 0 Å². The van der Waals surface area contributed by atoms with Gasteiger partial charge >= 0.3 is 0 Å². The lowest BCUT2D eigenvalue weighted by molar-refractivity contribution is 0.608. The van der Waals surface area contributed by atoms with Crippen LogP contribution in [-0.2, 0) is 0 Å². The van der Waals surface area contributed by atoms with E-state index in [1.165, 1.54) is 6.08 Å². The molecule has 49 valence electrons. The molecule has 0 heterocycles. The van der Waals surface area contributed by atoms with Crippen molar-refractivity contribution in [3.63, 3.8) is 0 Å². The summed E-state index contributed by atoms with van der Waals surface area (Å²) >= 11 is 8.71. The van der Waals surface area contributed by atoms with E-state index in [2.05, 4.69) is 15.9 Å². The number of halogens is 3. The van der Waals surface area contributed by atoms with Gasteiger partial charge in [0.15, 0.2) is 0 Å². The number of hydrogen-bond acceptors (Lipinski definition) is 0. The summed E-state index contributed by atoms with van der Waals surface area (Å²) in [6, 6.07) is 0. The lowest BCUT2D eigenvalue weighted by Crippen LogP contribution is -1.87. The zero-order valence-corrected chi connectivity index (χ0v) is 6.84. The Morgan fingerprint density at radius 1 is 1.67 bits per heavy atom. The standard InChI is InChI=1S/C6H4BrClF/c7-5-2-1-4(9)3-6(5)8/h2-3H,1H2. The molecule has 0 aromatic heterocycles. The molecule has 1 rings (SSSR count). The molecule has 1 aliphatic carbocycles. The van der Waals surface area contributed by atoms with Crippen LogP contribution in [0.5, 0.6) is 0 Å². The Labute approximate surface area is 66.5 Å². The van der Waals surface area contributed by atoms with Crippen molar-refractivity contribution >= 4 is 27.5 Å². The van der Waals surface area contributed by atoms with Gasteiger partial charge in [-0.25, -0.2) is 4.39 Å². The molecule has 9 heavy (non-hydrogen) atoms. The highest BCUT2D eigenvalue weighted by molar-refractivity contribution is 9.11. The quantitative estimate of drug-likeness (QED) is 0.575. The smallest absolute Gasteiger partial charge is 0.102 e. The number of hydrogen-bond donors (Lipinski definition) is 0. The van der Waals surface area contributed by atoms with Gasteiger partial charge in [-0.15, -0.1) is 0 Å². The molecule has 1 radical (unpaired) electrons. The minimum atomic E-state index is -0.191. The maximum Gasteiger partial charge on any atom is 0.102 e. The van der Waals surface area contributed by atoms with E-state index >= 15 is 0 Å². The van der Waals surface area contributed by atoms with Crippen molar-refractivity contribution in [3.8, 4) is 0 Å². The monoisotopic (exact) mass is 209 g/mol. The molecular formula is C6H4BrClF.